The van der Waals surface area contributed by atoms with Gasteiger partial charge in [-0.05, 0) is 43.3 Å². The van der Waals surface area contributed by atoms with Crippen LogP contribution in [0, 0.1) is 17.0 Å². The number of nitro groups is 1. The number of carbonyl (C=O) groups excluding carboxylic acids is 1. The fraction of sp³-hybridized carbons (Fsp3) is 0.0476. The van der Waals surface area contributed by atoms with Crippen molar-refractivity contribution in [2.24, 2.45) is 5.16 Å². The molecule has 7 nitrogen and oxygen atoms in total. The summed E-state index contributed by atoms with van der Waals surface area (Å²) >= 11 is 0. The van der Waals surface area contributed by atoms with Crippen molar-refractivity contribution in [1.29, 1.82) is 0 Å². The largest absolute Gasteiger partial charge is 0.450 e. The fourth-order valence-corrected chi connectivity index (χ4v) is 2.34. The minimum Gasteiger partial charge on any atom is -0.450 e. The number of nitrogens with zero attached hydrogens (tertiary/aromatic N) is 2. The van der Waals surface area contributed by atoms with Gasteiger partial charge in [0.05, 0.1) is 16.7 Å². The molecule has 0 saturated heterocycles. The van der Waals surface area contributed by atoms with E-state index in [0.29, 0.717) is 16.9 Å². The van der Waals surface area contributed by atoms with Gasteiger partial charge in [0.15, 0.2) is 0 Å². The van der Waals surface area contributed by atoms with Crippen molar-refractivity contribution in [2.75, 3.05) is 0 Å². The zero-order valence-electron chi connectivity index (χ0n) is 14.9. The molecule has 3 aromatic carbocycles. The monoisotopic (exact) mass is 376 g/mol. The van der Waals surface area contributed by atoms with E-state index in [2.05, 4.69) is 5.16 Å². The van der Waals surface area contributed by atoms with Crippen LogP contribution in [0.15, 0.2) is 78.0 Å². The molecule has 28 heavy (non-hydrogen) atoms. The smallest absolute Gasteiger partial charge is 0.365 e. The SMILES string of the molecule is Cc1ccc(Oc2ccc(/C=N/OC(=O)c3ccccc3)cc2[N+](=O)[O-])cc1. The Labute approximate surface area is 161 Å². The van der Waals surface area contributed by atoms with E-state index < -0.39 is 10.9 Å². The highest BCUT2D eigenvalue weighted by Gasteiger charge is 2.16. The Morgan fingerprint density at radius 1 is 1.04 bits per heavy atom. The summed E-state index contributed by atoms with van der Waals surface area (Å²) < 4.78 is 5.61. The van der Waals surface area contributed by atoms with Crippen LogP contribution < -0.4 is 4.74 Å². The Morgan fingerprint density at radius 3 is 2.43 bits per heavy atom. The molecule has 3 aromatic rings. The van der Waals surface area contributed by atoms with Gasteiger partial charge in [-0.2, -0.15) is 0 Å². The van der Waals surface area contributed by atoms with Crippen molar-refractivity contribution >= 4 is 17.9 Å². The summed E-state index contributed by atoms with van der Waals surface area (Å²) in [7, 11) is 0. The molecule has 0 aliphatic carbocycles. The van der Waals surface area contributed by atoms with Gasteiger partial charge in [-0.25, -0.2) is 4.79 Å². The molecule has 0 radical (unpaired) electrons. The van der Waals surface area contributed by atoms with Gasteiger partial charge in [-0.1, -0.05) is 41.1 Å². The van der Waals surface area contributed by atoms with Crippen LogP contribution in [0.3, 0.4) is 0 Å². The lowest BCUT2D eigenvalue weighted by molar-refractivity contribution is -0.385. The molecule has 0 fully saturated rings. The number of ether oxygens (including phenoxy) is 1. The molecule has 0 N–H and O–H groups in total. The number of rotatable bonds is 6. The third-order valence-corrected chi connectivity index (χ3v) is 3.78. The maximum absolute atomic E-state index is 11.8. The first-order chi connectivity index (χ1) is 13.5. The molecular weight excluding hydrogens is 360 g/mol. The molecule has 3 rings (SSSR count). The Bertz CT molecular complexity index is 1010. The predicted molar refractivity (Wildman–Crippen MR) is 104 cm³/mol. The van der Waals surface area contributed by atoms with E-state index in [1.165, 1.54) is 18.3 Å². The Morgan fingerprint density at radius 2 is 1.75 bits per heavy atom. The predicted octanol–water partition coefficient (Wildman–Crippen LogP) is 4.89. The molecule has 0 bridgehead atoms. The molecule has 0 aliphatic rings. The van der Waals surface area contributed by atoms with E-state index >= 15 is 0 Å². The van der Waals surface area contributed by atoms with Crippen molar-refractivity contribution in [3.05, 3.63) is 99.6 Å². The summed E-state index contributed by atoms with van der Waals surface area (Å²) in [6.45, 7) is 1.94. The fourth-order valence-electron chi connectivity index (χ4n) is 2.34. The zero-order chi connectivity index (χ0) is 19.9. The summed E-state index contributed by atoms with van der Waals surface area (Å²) in [6, 6.07) is 19.9. The summed E-state index contributed by atoms with van der Waals surface area (Å²) in [5.41, 5.74) is 1.58. The first-order valence-corrected chi connectivity index (χ1v) is 8.35. The lowest BCUT2D eigenvalue weighted by Gasteiger charge is -2.07. The van der Waals surface area contributed by atoms with Gasteiger partial charge in [0.2, 0.25) is 5.75 Å². The highest BCUT2D eigenvalue weighted by Crippen LogP contribution is 2.32. The van der Waals surface area contributed by atoms with Gasteiger partial charge < -0.3 is 9.57 Å². The third-order valence-electron chi connectivity index (χ3n) is 3.78. The second-order valence-corrected chi connectivity index (χ2v) is 5.88. The van der Waals surface area contributed by atoms with Crippen LogP contribution in [0.4, 0.5) is 5.69 Å². The van der Waals surface area contributed by atoms with Crippen LogP contribution in [0.25, 0.3) is 0 Å². The Balaban J connectivity index is 1.74. The average molecular weight is 376 g/mol. The Kier molecular flexibility index (Phi) is 5.76. The van der Waals surface area contributed by atoms with Gasteiger partial charge in [0.25, 0.3) is 0 Å². The number of aryl methyl sites for hydroxylation is 1. The maximum Gasteiger partial charge on any atom is 0.365 e. The van der Waals surface area contributed by atoms with Gasteiger partial charge in [-0.15, -0.1) is 0 Å². The highest BCUT2D eigenvalue weighted by molar-refractivity contribution is 5.90. The first-order valence-electron chi connectivity index (χ1n) is 8.35. The molecule has 0 spiro atoms. The molecule has 0 saturated carbocycles. The molecule has 0 aromatic heterocycles. The number of carbonyl (C=O) groups is 1. The number of oxime groups is 1. The van der Waals surface area contributed by atoms with E-state index in [1.54, 1.807) is 48.5 Å². The maximum atomic E-state index is 11.8. The third kappa shape index (κ3) is 4.79. The van der Waals surface area contributed by atoms with E-state index in [-0.39, 0.29) is 11.4 Å². The van der Waals surface area contributed by atoms with E-state index in [1.807, 2.05) is 19.1 Å². The number of benzene rings is 3. The molecular formula is C21H16N2O5. The lowest BCUT2D eigenvalue weighted by atomic mass is 10.2. The molecule has 0 heterocycles. The van der Waals surface area contributed by atoms with Crippen LogP contribution in [-0.2, 0) is 4.84 Å². The second kappa shape index (κ2) is 8.59. The number of hydrogen-bond donors (Lipinski definition) is 0. The molecule has 140 valence electrons. The van der Waals surface area contributed by atoms with Crippen molar-refractivity contribution in [3.63, 3.8) is 0 Å². The quantitative estimate of drug-likeness (QED) is 0.264. The topological polar surface area (TPSA) is 91.0 Å². The molecule has 0 amide bonds. The van der Waals surface area contributed by atoms with Crippen molar-refractivity contribution < 1.29 is 19.3 Å². The molecule has 0 atom stereocenters. The molecule has 0 unspecified atom stereocenters. The zero-order valence-corrected chi connectivity index (χ0v) is 14.9. The normalized spacial score (nSPS) is 10.6. The van der Waals surface area contributed by atoms with Crippen molar-refractivity contribution in [2.45, 2.75) is 6.92 Å². The van der Waals surface area contributed by atoms with Crippen LogP contribution in [0.2, 0.25) is 0 Å². The summed E-state index contributed by atoms with van der Waals surface area (Å²) in [4.78, 5) is 27.5. The Hall–Kier alpha value is -4.00. The molecule has 7 heteroatoms. The van der Waals surface area contributed by atoms with Crippen LogP contribution in [-0.4, -0.2) is 17.1 Å². The van der Waals surface area contributed by atoms with Crippen LogP contribution in [0.1, 0.15) is 21.5 Å². The minimum atomic E-state index is -0.620. The van der Waals surface area contributed by atoms with Gasteiger partial charge in [-0.3, -0.25) is 10.1 Å². The number of hydrogen-bond acceptors (Lipinski definition) is 6. The first kappa shape index (κ1) is 18.8. The van der Waals surface area contributed by atoms with Gasteiger partial charge in [0, 0.05) is 11.6 Å². The van der Waals surface area contributed by atoms with E-state index in [9.17, 15) is 14.9 Å². The van der Waals surface area contributed by atoms with Crippen molar-refractivity contribution in [1.82, 2.24) is 0 Å². The van der Waals surface area contributed by atoms with Crippen molar-refractivity contribution in [3.8, 4) is 11.5 Å². The summed E-state index contributed by atoms with van der Waals surface area (Å²) in [6.07, 6.45) is 1.23. The standard InChI is InChI=1S/C21H16N2O5/c1-15-7-10-18(11-8-15)27-20-12-9-16(13-19(20)23(25)26)14-22-28-21(24)17-5-3-2-4-6-17/h2-14H,1H3/b22-14+. The number of nitro benzene ring substituents is 1. The second-order valence-electron chi connectivity index (χ2n) is 5.88. The van der Waals surface area contributed by atoms with E-state index in [4.69, 9.17) is 9.57 Å². The summed E-state index contributed by atoms with van der Waals surface area (Å²) in [5.74, 6) is -0.0233. The summed E-state index contributed by atoms with van der Waals surface area (Å²) in [5, 5.41) is 15.0. The van der Waals surface area contributed by atoms with Crippen LogP contribution >= 0.6 is 0 Å². The average Bonchev–Trinajstić information content (AvgIpc) is 2.71. The molecule has 0 aliphatic heterocycles. The van der Waals surface area contributed by atoms with Crippen LogP contribution in [0.5, 0.6) is 11.5 Å². The lowest BCUT2D eigenvalue weighted by Crippen LogP contribution is -2.00. The minimum absolute atomic E-state index is 0.104. The van der Waals surface area contributed by atoms with Gasteiger partial charge >= 0.3 is 11.7 Å². The highest BCUT2D eigenvalue weighted by atomic mass is 16.7. The van der Waals surface area contributed by atoms with Gasteiger partial charge in [0.1, 0.15) is 5.75 Å². The van der Waals surface area contributed by atoms with E-state index in [0.717, 1.165) is 5.56 Å².